The fourth-order valence-corrected chi connectivity index (χ4v) is 1.39. The van der Waals surface area contributed by atoms with E-state index in [1.54, 1.807) is 11.1 Å². The first kappa shape index (κ1) is 4.37. The molecule has 0 nitrogen and oxygen atoms in total. The molecule has 0 aromatic carbocycles. The third-order valence-electron chi connectivity index (χ3n) is 2.07. The first-order chi connectivity index (χ1) is 3.88. The van der Waals surface area contributed by atoms with Gasteiger partial charge in [0, 0.05) is 5.92 Å². The molecule has 0 bridgehead atoms. The van der Waals surface area contributed by atoms with Crippen LogP contribution in [0.15, 0.2) is 23.3 Å². The van der Waals surface area contributed by atoms with Crippen molar-refractivity contribution in [1.82, 2.24) is 0 Å². The van der Waals surface area contributed by atoms with Crippen LogP contribution >= 0.6 is 0 Å². The predicted octanol–water partition coefficient (Wildman–Crippen LogP) is 2.28. The van der Waals surface area contributed by atoms with Crippen LogP contribution in [-0.2, 0) is 0 Å². The molecule has 0 N–H and O–H groups in total. The molecule has 0 heterocycles. The van der Waals surface area contributed by atoms with Crippen molar-refractivity contribution < 1.29 is 0 Å². The van der Waals surface area contributed by atoms with E-state index in [1.165, 1.54) is 12.8 Å². The highest BCUT2D eigenvalue weighted by molar-refractivity contribution is 5.38. The molecule has 42 valence electrons. The maximum atomic E-state index is 2.34. The molecule has 2 aliphatic carbocycles. The van der Waals surface area contributed by atoms with Crippen molar-refractivity contribution >= 4 is 0 Å². The van der Waals surface area contributed by atoms with Crippen molar-refractivity contribution in [2.75, 3.05) is 0 Å². The third-order valence-corrected chi connectivity index (χ3v) is 2.07. The van der Waals surface area contributed by atoms with Crippen LogP contribution < -0.4 is 0 Å². The molecule has 1 saturated carbocycles. The zero-order chi connectivity index (χ0) is 5.56. The van der Waals surface area contributed by atoms with Crippen LogP contribution in [0.1, 0.15) is 19.8 Å². The fraction of sp³-hybridized carbons (Fsp3) is 0.500. The van der Waals surface area contributed by atoms with Crippen LogP contribution in [0.2, 0.25) is 0 Å². The summed E-state index contributed by atoms with van der Waals surface area (Å²) in [5.74, 6) is 0.878. The van der Waals surface area contributed by atoms with Crippen molar-refractivity contribution in [2.45, 2.75) is 19.8 Å². The topological polar surface area (TPSA) is 0 Å². The van der Waals surface area contributed by atoms with Crippen molar-refractivity contribution in [3.63, 3.8) is 0 Å². The van der Waals surface area contributed by atoms with E-state index in [0.717, 1.165) is 5.92 Å². The lowest BCUT2D eigenvalue weighted by molar-refractivity contribution is 1.07. The highest BCUT2D eigenvalue weighted by Gasteiger charge is 2.30. The van der Waals surface area contributed by atoms with Crippen LogP contribution in [0.5, 0.6) is 0 Å². The van der Waals surface area contributed by atoms with Gasteiger partial charge in [0.25, 0.3) is 0 Å². The van der Waals surface area contributed by atoms with Gasteiger partial charge in [-0.3, -0.25) is 0 Å². The Kier molecular flexibility index (Phi) is 0.682. The third kappa shape index (κ3) is 0.459. The Balaban J connectivity index is 2.33. The number of rotatable bonds is 0. The summed E-state index contributed by atoms with van der Waals surface area (Å²) < 4.78 is 0. The number of allylic oxidation sites excluding steroid dienone is 4. The van der Waals surface area contributed by atoms with Gasteiger partial charge in [-0.25, -0.2) is 0 Å². The van der Waals surface area contributed by atoms with E-state index in [0.29, 0.717) is 0 Å². The summed E-state index contributed by atoms with van der Waals surface area (Å²) in [6.45, 7) is 2.25. The fourth-order valence-electron chi connectivity index (χ4n) is 1.39. The summed E-state index contributed by atoms with van der Waals surface area (Å²) in [6.07, 6.45) is 7.20. The molecule has 0 aromatic rings. The van der Waals surface area contributed by atoms with Crippen molar-refractivity contribution in [3.05, 3.63) is 23.3 Å². The second kappa shape index (κ2) is 1.25. The summed E-state index contributed by atoms with van der Waals surface area (Å²) in [5.41, 5.74) is 3.34. The van der Waals surface area contributed by atoms with Gasteiger partial charge in [-0.15, -0.1) is 0 Å². The minimum atomic E-state index is 0.878. The highest BCUT2D eigenvalue weighted by atomic mass is 14.3. The largest absolute Gasteiger partial charge is 0.0839 e. The van der Waals surface area contributed by atoms with Crippen molar-refractivity contribution in [2.24, 2.45) is 5.92 Å². The summed E-state index contributed by atoms with van der Waals surface area (Å²) in [4.78, 5) is 0. The van der Waals surface area contributed by atoms with Gasteiger partial charge in [0.05, 0.1) is 0 Å². The Labute approximate surface area is 49.9 Å². The lowest BCUT2D eigenvalue weighted by Gasteiger charge is -1.97. The maximum absolute atomic E-state index is 2.34. The number of fused-ring (bicyclic) bond motifs is 1. The highest BCUT2D eigenvalue weighted by Crippen LogP contribution is 2.44. The lowest BCUT2D eigenvalue weighted by Crippen LogP contribution is -1.79. The zero-order valence-corrected chi connectivity index (χ0v) is 5.15. The molecule has 0 aliphatic heterocycles. The van der Waals surface area contributed by atoms with E-state index in [9.17, 15) is 0 Å². The van der Waals surface area contributed by atoms with E-state index in [2.05, 4.69) is 19.1 Å². The quantitative estimate of drug-likeness (QED) is 0.415. The first-order valence-corrected chi connectivity index (χ1v) is 3.23. The molecule has 0 radical (unpaired) electrons. The second-order valence-electron chi connectivity index (χ2n) is 2.75. The zero-order valence-electron chi connectivity index (χ0n) is 5.15. The van der Waals surface area contributed by atoms with Crippen molar-refractivity contribution in [3.8, 4) is 0 Å². The minimum Gasteiger partial charge on any atom is -0.0839 e. The van der Waals surface area contributed by atoms with Gasteiger partial charge in [-0.2, -0.15) is 0 Å². The summed E-state index contributed by atoms with van der Waals surface area (Å²) in [6, 6.07) is 0. The molecule has 0 spiro atoms. The molecular weight excluding hydrogens is 96.1 g/mol. The van der Waals surface area contributed by atoms with Crippen LogP contribution in [0.4, 0.5) is 0 Å². The average molecular weight is 106 g/mol. The molecule has 1 unspecified atom stereocenters. The average Bonchev–Trinajstić information content (AvgIpc) is 2.45. The molecule has 2 rings (SSSR count). The van der Waals surface area contributed by atoms with Gasteiger partial charge >= 0.3 is 0 Å². The monoisotopic (exact) mass is 106 g/mol. The van der Waals surface area contributed by atoms with Crippen molar-refractivity contribution in [1.29, 1.82) is 0 Å². The Morgan fingerprint density at radius 2 is 2.50 bits per heavy atom. The van der Waals surface area contributed by atoms with E-state index in [-0.39, 0.29) is 0 Å². The van der Waals surface area contributed by atoms with Gasteiger partial charge in [-0.05, 0) is 19.8 Å². The summed E-state index contributed by atoms with van der Waals surface area (Å²) in [5, 5.41) is 0. The van der Waals surface area contributed by atoms with Gasteiger partial charge < -0.3 is 0 Å². The lowest BCUT2D eigenvalue weighted by atomic mass is 10.1. The standard InChI is InChI=1S/C8H10/c1-6-3-2-4-7-5-8(6)7/h2,4,7H,3,5H2,1H3. The maximum Gasteiger partial charge on any atom is 0.00174 e. The SMILES string of the molecule is CC1=C2CC2C=CC1. The number of hydrogen-bond donors (Lipinski definition) is 0. The smallest absolute Gasteiger partial charge is 0.00174 e. The Hall–Kier alpha value is -0.520. The van der Waals surface area contributed by atoms with Crippen LogP contribution in [0.25, 0.3) is 0 Å². The van der Waals surface area contributed by atoms with E-state index in [1.807, 2.05) is 0 Å². The Morgan fingerprint density at radius 1 is 1.62 bits per heavy atom. The normalized spacial score (nSPS) is 32.9. The first-order valence-electron chi connectivity index (χ1n) is 3.23. The molecule has 0 heteroatoms. The van der Waals surface area contributed by atoms with E-state index >= 15 is 0 Å². The summed E-state index contributed by atoms with van der Waals surface area (Å²) in [7, 11) is 0. The van der Waals surface area contributed by atoms with Gasteiger partial charge in [-0.1, -0.05) is 23.3 Å². The van der Waals surface area contributed by atoms with Crippen LogP contribution in [-0.4, -0.2) is 0 Å². The van der Waals surface area contributed by atoms with E-state index < -0.39 is 0 Å². The van der Waals surface area contributed by atoms with E-state index in [4.69, 9.17) is 0 Å². The molecule has 1 atom stereocenters. The predicted molar refractivity (Wildman–Crippen MR) is 34.6 cm³/mol. The molecule has 2 aliphatic rings. The molecule has 0 aromatic heterocycles. The van der Waals surface area contributed by atoms with Gasteiger partial charge in [0.2, 0.25) is 0 Å². The molecular formula is C8H10. The van der Waals surface area contributed by atoms with Gasteiger partial charge in [0.15, 0.2) is 0 Å². The Morgan fingerprint density at radius 3 is 3.12 bits per heavy atom. The Bertz CT molecular complexity index is 172. The molecule has 8 heavy (non-hydrogen) atoms. The van der Waals surface area contributed by atoms with Gasteiger partial charge in [0.1, 0.15) is 0 Å². The second-order valence-corrected chi connectivity index (χ2v) is 2.75. The molecule has 1 fully saturated rings. The molecule has 0 saturated heterocycles. The van der Waals surface area contributed by atoms with Crippen LogP contribution in [0.3, 0.4) is 0 Å². The minimum absolute atomic E-state index is 0.878. The molecule has 0 amide bonds. The van der Waals surface area contributed by atoms with Crippen LogP contribution in [0, 0.1) is 5.92 Å². The summed E-state index contributed by atoms with van der Waals surface area (Å²) >= 11 is 0. The number of hydrogen-bond acceptors (Lipinski definition) is 0.